The van der Waals surface area contributed by atoms with Gasteiger partial charge in [-0.05, 0) is 48.7 Å². The van der Waals surface area contributed by atoms with Crippen LogP contribution in [0.25, 0.3) is 6.08 Å². The van der Waals surface area contributed by atoms with Gasteiger partial charge in [0.25, 0.3) is 0 Å². The Labute approximate surface area is 113 Å². The molecule has 0 atom stereocenters. The summed E-state index contributed by atoms with van der Waals surface area (Å²) in [6.45, 7) is 4.82. The van der Waals surface area contributed by atoms with E-state index in [1.807, 2.05) is 33.0 Å². The lowest BCUT2D eigenvalue weighted by atomic mass is 10.0. The Hall–Kier alpha value is -1.48. The predicted octanol–water partition coefficient (Wildman–Crippen LogP) is 3.08. The summed E-state index contributed by atoms with van der Waals surface area (Å²) in [5.41, 5.74) is 4.29. The van der Waals surface area contributed by atoms with Gasteiger partial charge in [-0.2, -0.15) is 0 Å². The molecule has 0 amide bonds. The van der Waals surface area contributed by atoms with Crippen LogP contribution in [0, 0.1) is 13.8 Å². The van der Waals surface area contributed by atoms with E-state index < -0.39 is 5.97 Å². The van der Waals surface area contributed by atoms with Crippen molar-refractivity contribution in [2.24, 2.45) is 0 Å². The van der Waals surface area contributed by atoms with Gasteiger partial charge in [0, 0.05) is 31.2 Å². The molecule has 98 valence electrons. The number of carbonyl (C=O) groups is 1. The van der Waals surface area contributed by atoms with Gasteiger partial charge < -0.3 is 10.0 Å². The molecule has 0 aliphatic carbocycles. The van der Waals surface area contributed by atoms with Crippen LogP contribution in [0.5, 0.6) is 0 Å². The molecule has 0 saturated carbocycles. The average Bonchev–Trinajstić information content (AvgIpc) is 2.25. The Morgan fingerprint density at radius 3 is 2.39 bits per heavy atom. The van der Waals surface area contributed by atoms with Crippen molar-refractivity contribution in [3.8, 4) is 0 Å². The summed E-state index contributed by atoms with van der Waals surface area (Å²) in [4.78, 5) is 12.6. The number of carboxylic acid groups (broad SMARTS) is 1. The average molecular weight is 268 g/mol. The molecule has 0 bridgehead atoms. The molecule has 0 aromatic heterocycles. The molecule has 1 aromatic rings. The van der Waals surface area contributed by atoms with Crippen LogP contribution in [0.1, 0.15) is 16.7 Å². The van der Waals surface area contributed by atoms with Crippen molar-refractivity contribution in [2.75, 3.05) is 24.4 Å². The molecule has 1 aromatic carbocycles. The number of hydrogen-bond acceptors (Lipinski definition) is 2. The largest absolute Gasteiger partial charge is 0.478 e. The summed E-state index contributed by atoms with van der Waals surface area (Å²) in [6.07, 6.45) is 2.75. The zero-order valence-corrected chi connectivity index (χ0v) is 11.7. The highest BCUT2D eigenvalue weighted by Crippen LogP contribution is 2.26. The number of nitrogens with zero attached hydrogens (tertiary/aromatic N) is 1. The van der Waals surface area contributed by atoms with E-state index in [9.17, 15) is 4.79 Å². The molecule has 1 N–H and O–H groups in total. The van der Waals surface area contributed by atoms with Crippen LogP contribution < -0.4 is 4.90 Å². The number of carboxylic acids is 1. The van der Waals surface area contributed by atoms with Gasteiger partial charge in [0.2, 0.25) is 0 Å². The normalized spacial score (nSPS) is 10.9. The first kappa shape index (κ1) is 14.6. The highest BCUT2D eigenvalue weighted by atomic mass is 35.5. The molecule has 18 heavy (non-hydrogen) atoms. The van der Waals surface area contributed by atoms with Gasteiger partial charge >= 0.3 is 5.97 Å². The number of hydrogen-bond donors (Lipinski definition) is 1. The molecular formula is C14H18ClNO2. The second kappa shape index (κ2) is 6.45. The fourth-order valence-electron chi connectivity index (χ4n) is 2.09. The van der Waals surface area contributed by atoms with Gasteiger partial charge in [0.15, 0.2) is 0 Å². The van der Waals surface area contributed by atoms with Gasteiger partial charge in [0.1, 0.15) is 0 Å². The van der Waals surface area contributed by atoms with Crippen LogP contribution in [0.15, 0.2) is 18.2 Å². The standard InChI is InChI=1S/C14H18ClNO2/c1-10-8-12(4-5-13(17)18)9-11(2)14(10)16(3)7-6-15/h4-5,8-9H,6-7H2,1-3H3,(H,17,18). The van der Waals surface area contributed by atoms with Gasteiger partial charge in [-0.15, -0.1) is 11.6 Å². The van der Waals surface area contributed by atoms with E-state index in [2.05, 4.69) is 4.90 Å². The minimum atomic E-state index is -0.936. The Balaban J connectivity index is 3.08. The smallest absolute Gasteiger partial charge is 0.328 e. The van der Waals surface area contributed by atoms with Crippen molar-refractivity contribution in [2.45, 2.75) is 13.8 Å². The van der Waals surface area contributed by atoms with E-state index in [-0.39, 0.29) is 0 Å². The summed E-state index contributed by atoms with van der Waals surface area (Å²) in [5.74, 6) is -0.357. The van der Waals surface area contributed by atoms with Crippen molar-refractivity contribution in [3.63, 3.8) is 0 Å². The monoisotopic (exact) mass is 267 g/mol. The molecule has 0 fully saturated rings. The Bertz CT molecular complexity index is 446. The molecule has 0 heterocycles. The van der Waals surface area contributed by atoms with Crippen molar-refractivity contribution in [1.29, 1.82) is 0 Å². The number of aliphatic carboxylic acids is 1. The summed E-state index contributed by atoms with van der Waals surface area (Å²) >= 11 is 5.75. The molecule has 1 rings (SSSR count). The van der Waals surface area contributed by atoms with E-state index in [0.717, 1.165) is 35.0 Å². The molecule has 0 spiro atoms. The Kier molecular flexibility index (Phi) is 5.23. The minimum Gasteiger partial charge on any atom is -0.478 e. The van der Waals surface area contributed by atoms with Crippen molar-refractivity contribution in [3.05, 3.63) is 34.9 Å². The number of rotatable bonds is 5. The van der Waals surface area contributed by atoms with Crippen LogP contribution >= 0.6 is 11.6 Å². The molecular weight excluding hydrogens is 250 g/mol. The first-order valence-electron chi connectivity index (χ1n) is 5.75. The number of anilines is 1. The maximum atomic E-state index is 10.5. The third kappa shape index (κ3) is 3.77. The lowest BCUT2D eigenvalue weighted by molar-refractivity contribution is -0.131. The lowest BCUT2D eigenvalue weighted by Crippen LogP contribution is -2.21. The molecule has 3 nitrogen and oxygen atoms in total. The van der Waals surface area contributed by atoms with Crippen molar-refractivity contribution < 1.29 is 9.90 Å². The minimum absolute atomic E-state index is 0.579. The first-order valence-corrected chi connectivity index (χ1v) is 6.28. The predicted molar refractivity (Wildman–Crippen MR) is 76.6 cm³/mol. The third-order valence-corrected chi connectivity index (χ3v) is 2.90. The van der Waals surface area contributed by atoms with Gasteiger partial charge in [0.05, 0.1) is 0 Å². The zero-order valence-electron chi connectivity index (χ0n) is 10.9. The van der Waals surface area contributed by atoms with Crippen LogP contribution in [-0.4, -0.2) is 30.5 Å². The lowest BCUT2D eigenvalue weighted by Gasteiger charge is -2.23. The Morgan fingerprint density at radius 1 is 1.39 bits per heavy atom. The van der Waals surface area contributed by atoms with Gasteiger partial charge in [-0.1, -0.05) is 0 Å². The van der Waals surface area contributed by atoms with Crippen molar-refractivity contribution in [1.82, 2.24) is 0 Å². The second-order valence-electron chi connectivity index (χ2n) is 4.29. The maximum Gasteiger partial charge on any atom is 0.328 e. The molecule has 0 saturated heterocycles. The van der Waals surface area contributed by atoms with E-state index in [1.54, 1.807) is 6.08 Å². The molecule has 0 aliphatic heterocycles. The quantitative estimate of drug-likeness (QED) is 0.658. The summed E-state index contributed by atoms with van der Waals surface area (Å²) in [5, 5.41) is 8.62. The number of aryl methyl sites for hydroxylation is 2. The number of benzene rings is 1. The fraction of sp³-hybridized carbons (Fsp3) is 0.357. The van der Waals surface area contributed by atoms with E-state index >= 15 is 0 Å². The second-order valence-corrected chi connectivity index (χ2v) is 4.66. The SMILES string of the molecule is Cc1cc(C=CC(=O)O)cc(C)c1N(C)CCCl. The van der Waals surface area contributed by atoms with Gasteiger partial charge in [-0.3, -0.25) is 0 Å². The van der Waals surface area contributed by atoms with Crippen LogP contribution in [-0.2, 0) is 4.79 Å². The first-order chi connectivity index (χ1) is 8.45. The maximum absolute atomic E-state index is 10.5. The van der Waals surface area contributed by atoms with Crippen LogP contribution in [0.2, 0.25) is 0 Å². The number of halogens is 1. The van der Waals surface area contributed by atoms with Crippen LogP contribution in [0.4, 0.5) is 5.69 Å². The third-order valence-electron chi connectivity index (χ3n) is 2.73. The zero-order chi connectivity index (χ0) is 13.7. The Morgan fingerprint density at radius 2 is 1.94 bits per heavy atom. The molecule has 0 aliphatic rings. The number of alkyl halides is 1. The highest BCUT2D eigenvalue weighted by molar-refractivity contribution is 6.18. The molecule has 4 heteroatoms. The summed E-state index contributed by atoms with van der Waals surface area (Å²) in [6, 6.07) is 3.96. The van der Waals surface area contributed by atoms with E-state index in [1.165, 1.54) is 0 Å². The van der Waals surface area contributed by atoms with Crippen molar-refractivity contribution >= 4 is 29.3 Å². The fourth-order valence-corrected chi connectivity index (χ4v) is 2.35. The summed E-state index contributed by atoms with van der Waals surface area (Å²) in [7, 11) is 2.00. The topological polar surface area (TPSA) is 40.5 Å². The highest BCUT2D eigenvalue weighted by Gasteiger charge is 2.08. The molecule has 0 unspecified atom stereocenters. The van der Waals surface area contributed by atoms with E-state index in [4.69, 9.17) is 16.7 Å². The molecule has 0 radical (unpaired) electrons. The van der Waals surface area contributed by atoms with E-state index in [0.29, 0.717) is 5.88 Å². The van der Waals surface area contributed by atoms with Crippen LogP contribution in [0.3, 0.4) is 0 Å². The van der Waals surface area contributed by atoms with Gasteiger partial charge in [-0.25, -0.2) is 4.79 Å². The summed E-state index contributed by atoms with van der Waals surface area (Å²) < 4.78 is 0.